The molecule has 0 spiro atoms. The van der Waals surface area contributed by atoms with Gasteiger partial charge in [-0.15, -0.1) is 0 Å². The molecule has 3 rings (SSSR count). The van der Waals surface area contributed by atoms with E-state index >= 15 is 0 Å². The highest BCUT2D eigenvalue weighted by atomic mass is 32.2. The van der Waals surface area contributed by atoms with Crippen molar-refractivity contribution >= 4 is 21.7 Å². The molecule has 0 bridgehead atoms. The topological polar surface area (TPSA) is 82.2 Å². The van der Waals surface area contributed by atoms with Gasteiger partial charge in [-0.05, 0) is 52.3 Å². The second-order valence-electron chi connectivity index (χ2n) is 6.61. The van der Waals surface area contributed by atoms with Crippen molar-refractivity contribution in [3.05, 3.63) is 46.2 Å². The standard InChI is InChI=1S/C18H22N2O4S/c1-11-9-17(14(4)24-11)18(21)6-5-16-12(2)19-20(13(16)3)15-7-8-25(22,23)10-15/h5-6,9,15H,7-8,10H2,1-4H3/b6-5+/t15-/m1/s1. The second kappa shape index (κ2) is 6.29. The van der Waals surface area contributed by atoms with Crippen LogP contribution in [-0.2, 0) is 9.84 Å². The lowest BCUT2D eigenvalue weighted by Gasteiger charge is -2.10. The van der Waals surface area contributed by atoms with E-state index in [4.69, 9.17) is 4.42 Å². The molecule has 134 valence electrons. The van der Waals surface area contributed by atoms with E-state index in [1.54, 1.807) is 23.7 Å². The van der Waals surface area contributed by atoms with Gasteiger partial charge in [-0.1, -0.05) is 0 Å². The highest BCUT2D eigenvalue weighted by Gasteiger charge is 2.31. The number of rotatable bonds is 4. The SMILES string of the molecule is Cc1cc(C(=O)/C=C/c2c(C)nn([C@@H]3CCS(=O)(=O)C3)c2C)c(C)o1. The van der Waals surface area contributed by atoms with Gasteiger partial charge >= 0.3 is 0 Å². The maximum Gasteiger partial charge on any atom is 0.189 e. The maximum absolute atomic E-state index is 12.4. The highest BCUT2D eigenvalue weighted by Crippen LogP contribution is 2.27. The number of carbonyl (C=O) groups is 1. The Kier molecular flexibility index (Phi) is 4.45. The molecular formula is C18H22N2O4S. The van der Waals surface area contributed by atoms with Crippen LogP contribution < -0.4 is 0 Å². The molecule has 0 aromatic carbocycles. The monoisotopic (exact) mass is 362 g/mol. The van der Waals surface area contributed by atoms with Crippen LogP contribution in [0.4, 0.5) is 0 Å². The van der Waals surface area contributed by atoms with Crippen LogP contribution in [0.1, 0.15) is 51.3 Å². The van der Waals surface area contributed by atoms with E-state index in [1.165, 1.54) is 6.08 Å². The second-order valence-corrected chi connectivity index (χ2v) is 8.84. The van der Waals surface area contributed by atoms with Crippen LogP contribution in [0.25, 0.3) is 6.08 Å². The van der Waals surface area contributed by atoms with Crippen LogP contribution in [0.3, 0.4) is 0 Å². The predicted octanol–water partition coefficient (Wildman–Crippen LogP) is 2.97. The van der Waals surface area contributed by atoms with E-state index in [9.17, 15) is 13.2 Å². The Balaban J connectivity index is 1.86. The number of allylic oxidation sites excluding steroid dienone is 1. The minimum Gasteiger partial charge on any atom is -0.466 e. The summed E-state index contributed by atoms with van der Waals surface area (Å²) in [7, 11) is -2.97. The molecule has 3 heterocycles. The van der Waals surface area contributed by atoms with Crippen molar-refractivity contribution in [2.24, 2.45) is 0 Å². The van der Waals surface area contributed by atoms with Gasteiger partial charge in [0.05, 0.1) is 28.8 Å². The van der Waals surface area contributed by atoms with Gasteiger partial charge in [0.1, 0.15) is 11.5 Å². The van der Waals surface area contributed by atoms with Crippen LogP contribution in [-0.4, -0.2) is 35.5 Å². The summed E-state index contributed by atoms with van der Waals surface area (Å²) in [5.74, 6) is 1.53. The molecule has 0 aliphatic carbocycles. The largest absolute Gasteiger partial charge is 0.466 e. The molecule has 1 aliphatic rings. The molecule has 0 saturated carbocycles. The van der Waals surface area contributed by atoms with Crippen molar-refractivity contribution in [1.82, 2.24) is 9.78 Å². The summed E-state index contributed by atoms with van der Waals surface area (Å²) in [6.45, 7) is 7.34. The normalized spacial score (nSPS) is 19.8. The number of aryl methyl sites for hydroxylation is 3. The molecule has 6 nitrogen and oxygen atoms in total. The van der Waals surface area contributed by atoms with Gasteiger partial charge in [0.15, 0.2) is 15.6 Å². The number of aromatic nitrogens is 2. The molecule has 1 aliphatic heterocycles. The quantitative estimate of drug-likeness (QED) is 0.617. The third-order valence-electron chi connectivity index (χ3n) is 4.64. The zero-order valence-electron chi connectivity index (χ0n) is 14.9. The number of furan rings is 1. The predicted molar refractivity (Wildman–Crippen MR) is 95.6 cm³/mol. The molecule has 25 heavy (non-hydrogen) atoms. The molecule has 7 heteroatoms. The number of hydrogen-bond acceptors (Lipinski definition) is 5. The fourth-order valence-electron chi connectivity index (χ4n) is 3.36. The Morgan fingerprint density at radius 2 is 2.04 bits per heavy atom. The van der Waals surface area contributed by atoms with E-state index < -0.39 is 9.84 Å². The third-order valence-corrected chi connectivity index (χ3v) is 6.39. The summed E-state index contributed by atoms with van der Waals surface area (Å²) < 4.78 is 30.6. The Hall–Kier alpha value is -2.15. The molecule has 0 radical (unpaired) electrons. The average Bonchev–Trinajstić information content (AvgIpc) is 3.13. The summed E-state index contributed by atoms with van der Waals surface area (Å²) in [5.41, 5.74) is 3.07. The Labute approximate surface area is 147 Å². The fraction of sp³-hybridized carbons (Fsp3) is 0.444. The number of ketones is 1. The van der Waals surface area contributed by atoms with E-state index in [1.807, 2.05) is 20.8 Å². The van der Waals surface area contributed by atoms with Crippen LogP contribution in [0.15, 0.2) is 16.6 Å². The van der Waals surface area contributed by atoms with Crippen LogP contribution in [0.2, 0.25) is 0 Å². The van der Waals surface area contributed by atoms with E-state index in [0.717, 1.165) is 17.0 Å². The first kappa shape index (κ1) is 17.7. The zero-order chi connectivity index (χ0) is 18.4. The first-order valence-electron chi connectivity index (χ1n) is 8.23. The van der Waals surface area contributed by atoms with E-state index in [-0.39, 0.29) is 23.3 Å². The molecule has 0 unspecified atom stereocenters. The first-order valence-corrected chi connectivity index (χ1v) is 10.1. The molecule has 0 N–H and O–H groups in total. The van der Waals surface area contributed by atoms with Gasteiger partial charge in [-0.25, -0.2) is 8.42 Å². The van der Waals surface area contributed by atoms with Gasteiger partial charge < -0.3 is 4.42 Å². The lowest BCUT2D eigenvalue weighted by molar-refractivity contribution is 0.104. The maximum atomic E-state index is 12.4. The Bertz CT molecular complexity index is 964. The van der Waals surface area contributed by atoms with Crippen molar-refractivity contribution in [3.8, 4) is 0 Å². The lowest BCUT2D eigenvalue weighted by Crippen LogP contribution is -2.13. The van der Waals surface area contributed by atoms with Crippen LogP contribution >= 0.6 is 0 Å². The third kappa shape index (κ3) is 3.46. The van der Waals surface area contributed by atoms with Crippen molar-refractivity contribution in [2.45, 2.75) is 40.2 Å². The summed E-state index contributed by atoms with van der Waals surface area (Å²) in [4.78, 5) is 12.4. The van der Waals surface area contributed by atoms with Gasteiger partial charge in [-0.2, -0.15) is 5.10 Å². The van der Waals surface area contributed by atoms with E-state index in [2.05, 4.69) is 5.10 Å². The molecule has 1 atom stereocenters. The smallest absolute Gasteiger partial charge is 0.189 e. The number of sulfone groups is 1. The van der Waals surface area contributed by atoms with Crippen molar-refractivity contribution in [1.29, 1.82) is 0 Å². The molecule has 0 amide bonds. The molecular weight excluding hydrogens is 340 g/mol. The summed E-state index contributed by atoms with van der Waals surface area (Å²) in [5, 5.41) is 4.50. The molecule has 1 saturated heterocycles. The minimum atomic E-state index is -2.97. The summed E-state index contributed by atoms with van der Waals surface area (Å²) in [6.07, 6.45) is 3.85. The van der Waals surface area contributed by atoms with Crippen molar-refractivity contribution < 1.29 is 17.6 Å². The van der Waals surface area contributed by atoms with Crippen molar-refractivity contribution in [2.75, 3.05) is 11.5 Å². The van der Waals surface area contributed by atoms with Gasteiger partial charge in [0.25, 0.3) is 0 Å². The number of nitrogens with zero attached hydrogens (tertiary/aromatic N) is 2. The first-order chi connectivity index (χ1) is 11.7. The number of hydrogen-bond donors (Lipinski definition) is 0. The fourth-order valence-corrected chi connectivity index (χ4v) is 5.06. The number of carbonyl (C=O) groups excluding carboxylic acids is 1. The average molecular weight is 362 g/mol. The van der Waals surface area contributed by atoms with Crippen LogP contribution in [0.5, 0.6) is 0 Å². The molecule has 1 fully saturated rings. The zero-order valence-corrected chi connectivity index (χ0v) is 15.7. The van der Waals surface area contributed by atoms with Gasteiger partial charge in [-0.3, -0.25) is 9.48 Å². The lowest BCUT2D eigenvalue weighted by atomic mass is 10.1. The van der Waals surface area contributed by atoms with Gasteiger partial charge in [0.2, 0.25) is 0 Å². The molecule has 2 aromatic rings. The highest BCUT2D eigenvalue weighted by molar-refractivity contribution is 7.91. The summed E-state index contributed by atoms with van der Waals surface area (Å²) >= 11 is 0. The van der Waals surface area contributed by atoms with E-state index in [0.29, 0.717) is 23.5 Å². The summed E-state index contributed by atoms with van der Waals surface area (Å²) in [6, 6.07) is 1.61. The van der Waals surface area contributed by atoms with Crippen molar-refractivity contribution in [3.63, 3.8) is 0 Å². The van der Waals surface area contributed by atoms with Gasteiger partial charge in [0, 0.05) is 11.3 Å². The Morgan fingerprint density at radius 3 is 2.60 bits per heavy atom. The van der Waals surface area contributed by atoms with Crippen LogP contribution in [0, 0.1) is 27.7 Å². The molecule has 2 aromatic heterocycles. The minimum absolute atomic E-state index is 0.121. The Morgan fingerprint density at radius 1 is 1.32 bits per heavy atom.